The summed E-state index contributed by atoms with van der Waals surface area (Å²) in [6.45, 7) is 5.37. The van der Waals surface area contributed by atoms with Gasteiger partial charge in [-0.25, -0.2) is 0 Å². The standard InChI is InChI=1S/C18H28N2O3/c1-3-22-14-15-6-7-18(19(15)2)8-10-20(11-9-18)17(21)13-16-5-4-12-23-16/h4-5,12,15H,3,6-11,13-14H2,1-2H3. The second-order valence-electron chi connectivity index (χ2n) is 6.82. The first kappa shape index (κ1) is 16.5. The van der Waals surface area contributed by atoms with Crippen LogP contribution in [0.15, 0.2) is 22.8 Å². The molecule has 5 nitrogen and oxygen atoms in total. The quantitative estimate of drug-likeness (QED) is 0.835. The van der Waals surface area contributed by atoms with Gasteiger partial charge >= 0.3 is 0 Å². The smallest absolute Gasteiger partial charge is 0.230 e. The number of hydrogen-bond acceptors (Lipinski definition) is 4. The molecule has 0 bridgehead atoms. The van der Waals surface area contributed by atoms with Crippen molar-refractivity contribution in [2.24, 2.45) is 0 Å². The molecule has 2 saturated heterocycles. The van der Waals surface area contributed by atoms with Crippen LogP contribution in [0, 0.1) is 0 Å². The number of carbonyl (C=O) groups is 1. The summed E-state index contributed by atoms with van der Waals surface area (Å²) in [7, 11) is 2.23. The lowest BCUT2D eigenvalue weighted by Crippen LogP contribution is -2.54. The minimum Gasteiger partial charge on any atom is -0.469 e. The Morgan fingerprint density at radius 1 is 1.39 bits per heavy atom. The van der Waals surface area contributed by atoms with E-state index < -0.39 is 0 Å². The van der Waals surface area contributed by atoms with Gasteiger partial charge in [0.05, 0.1) is 19.3 Å². The third-order valence-corrected chi connectivity index (χ3v) is 5.71. The summed E-state index contributed by atoms with van der Waals surface area (Å²) in [5.41, 5.74) is 0.267. The number of likely N-dealkylation sites (N-methyl/N-ethyl adjacent to an activating group) is 1. The summed E-state index contributed by atoms with van der Waals surface area (Å²) < 4.78 is 10.9. The van der Waals surface area contributed by atoms with Crippen molar-refractivity contribution in [1.29, 1.82) is 0 Å². The highest BCUT2D eigenvalue weighted by Crippen LogP contribution is 2.40. The van der Waals surface area contributed by atoms with E-state index in [1.54, 1.807) is 6.26 Å². The Hall–Kier alpha value is -1.33. The summed E-state index contributed by atoms with van der Waals surface area (Å²) in [5, 5.41) is 0. The van der Waals surface area contributed by atoms with Crippen molar-refractivity contribution in [1.82, 2.24) is 9.80 Å². The topological polar surface area (TPSA) is 45.9 Å². The summed E-state index contributed by atoms with van der Waals surface area (Å²) in [5.74, 6) is 0.936. The van der Waals surface area contributed by atoms with Gasteiger partial charge in [-0.3, -0.25) is 9.69 Å². The molecule has 1 atom stereocenters. The molecule has 3 rings (SSSR count). The van der Waals surface area contributed by atoms with Gasteiger partial charge in [0, 0.05) is 31.3 Å². The van der Waals surface area contributed by atoms with Gasteiger partial charge < -0.3 is 14.1 Å². The predicted molar refractivity (Wildman–Crippen MR) is 88.2 cm³/mol. The lowest BCUT2D eigenvalue weighted by atomic mass is 9.85. The molecule has 0 saturated carbocycles. The van der Waals surface area contributed by atoms with Gasteiger partial charge in [-0.1, -0.05) is 0 Å². The second-order valence-corrected chi connectivity index (χ2v) is 6.82. The maximum atomic E-state index is 12.4. The number of piperidine rings is 1. The fraction of sp³-hybridized carbons (Fsp3) is 0.722. The molecular weight excluding hydrogens is 292 g/mol. The zero-order valence-corrected chi connectivity index (χ0v) is 14.3. The van der Waals surface area contributed by atoms with Crippen LogP contribution in [0.2, 0.25) is 0 Å². The molecular formula is C18H28N2O3. The Labute approximate surface area is 138 Å². The van der Waals surface area contributed by atoms with Gasteiger partial charge in [0.25, 0.3) is 0 Å². The summed E-state index contributed by atoms with van der Waals surface area (Å²) in [4.78, 5) is 16.9. The lowest BCUT2D eigenvalue weighted by Gasteiger charge is -2.45. The van der Waals surface area contributed by atoms with Crippen LogP contribution in [0.4, 0.5) is 0 Å². The van der Waals surface area contributed by atoms with Crippen LogP contribution in [0.3, 0.4) is 0 Å². The fourth-order valence-electron chi connectivity index (χ4n) is 4.09. The first-order valence-corrected chi connectivity index (χ1v) is 8.75. The van der Waals surface area contributed by atoms with Gasteiger partial charge in [-0.05, 0) is 51.8 Å². The van der Waals surface area contributed by atoms with Crippen molar-refractivity contribution >= 4 is 5.91 Å². The maximum Gasteiger partial charge on any atom is 0.230 e. The highest BCUT2D eigenvalue weighted by atomic mass is 16.5. The van der Waals surface area contributed by atoms with Crippen LogP contribution < -0.4 is 0 Å². The second kappa shape index (κ2) is 7.05. The van der Waals surface area contributed by atoms with Gasteiger partial charge in [0.2, 0.25) is 5.91 Å². The minimum atomic E-state index is 0.182. The number of hydrogen-bond donors (Lipinski definition) is 0. The number of rotatable bonds is 5. The van der Waals surface area contributed by atoms with Crippen molar-refractivity contribution in [3.05, 3.63) is 24.2 Å². The Morgan fingerprint density at radius 3 is 2.83 bits per heavy atom. The molecule has 1 spiro atoms. The zero-order valence-electron chi connectivity index (χ0n) is 14.3. The van der Waals surface area contributed by atoms with E-state index in [4.69, 9.17) is 9.15 Å². The highest BCUT2D eigenvalue weighted by molar-refractivity contribution is 5.78. The number of amides is 1. The fourth-order valence-corrected chi connectivity index (χ4v) is 4.09. The number of likely N-dealkylation sites (tertiary alicyclic amines) is 2. The number of carbonyl (C=O) groups excluding carboxylic acids is 1. The highest BCUT2D eigenvalue weighted by Gasteiger charge is 2.46. The molecule has 1 unspecified atom stereocenters. The molecule has 128 valence electrons. The minimum absolute atomic E-state index is 0.182. The monoisotopic (exact) mass is 320 g/mol. The van der Waals surface area contributed by atoms with E-state index in [1.807, 2.05) is 24.0 Å². The zero-order chi connectivity index (χ0) is 16.3. The van der Waals surface area contributed by atoms with Crippen LogP contribution >= 0.6 is 0 Å². The van der Waals surface area contributed by atoms with Gasteiger partial charge in [0.15, 0.2) is 0 Å². The maximum absolute atomic E-state index is 12.4. The Kier molecular flexibility index (Phi) is 5.07. The average molecular weight is 320 g/mol. The van der Waals surface area contributed by atoms with E-state index in [-0.39, 0.29) is 11.4 Å². The third kappa shape index (κ3) is 3.45. The summed E-state index contributed by atoms with van der Waals surface area (Å²) in [6, 6.07) is 4.23. The molecule has 2 aliphatic heterocycles. The largest absolute Gasteiger partial charge is 0.469 e. The first-order chi connectivity index (χ1) is 11.1. The molecule has 1 amide bonds. The van der Waals surface area contributed by atoms with E-state index in [2.05, 4.69) is 11.9 Å². The summed E-state index contributed by atoms with van der Waals surface area (Å²) in [6.07, 6.45) is 6.56. The molecule has 0 N–H and O–H groups in total. The molecule has 3 heterocycles. The van der Waals surface area contributed by atoms with Crippen LogP contribution in [0.1, 0.15) is 38.4 Å². The molecule has 0 radical (unpaired) electrons. The average Bonchev–Trinajstić information content (AvgIpc) is 3.17. The molecule has 1 aromatic heterocycles. The van der Waals surface area contributed by atoms with Crippen molar-refractivity contribution in [2.75, 3.05) is 33.4 Å². The van der Waals surface area contributed by atoms with Crippen molar-refractivity contribution in [2.45, 2.75) is 50.6 Å². The molecule has 2 aliphatic rings. The molecule has 23 heavy (non-hydrogen) atoms. The molecule has 0 aromatic carbocycles. The van der Waals surface area contributed by atoms with Gasteiger partial charge in [-0.2, -0.15) is 0 Å². The lowest BCUT2D eigenvalue weighted by molar-refractivity contribution is -0.133. The van der Waals surface area contributed by atoms with Crippen LogP contribution in [-0.2, 0) is 16.0 Å². The van der Waals surface area contributed by atoms with Crippen LogP contribution in [0.25, 0.3) is 0 Å². The molecule has 5 heteroatoms. The number of ether oxygens (including phenoxy) is 1. The number of furan rings is 1. The SMILES string of the molecule is CCOCC1CCC2(CCN(C(=O)Cc3ccco3)CC2)N1C. The number of nitrogens with zero attached hydrogens (tertiary/aromatic N) is 2. The van der Waals surface area contributed by atoms with Crippen molar-refractivity contribution < 1.29 is 13.9 Å². The molecule has 1 aromatic rings. The predicted octanol–water partition coefficient (Wildman–Crippen LogP) is 2.31. The van der Waals surface area contributed by atoms with Gasteiger partial charge in [-0.15, -0.1) is 0 Å². The normalized spacial score (nSPS) is 24.4. The van der Waals surface area contributed by atoms with E-state index in [0.717, 1.165) is 44.9 Å². The Bertz CT molecular complexity index is 506. The van der Waals surface area contributed by atoms with E-state index in [1.165, 1.54) is 12.8 Å². The van der Waals surface area contributed by atoms with E-state index in [0.29, 0.717) is 12.5 Å². The molecule has 0 aliphatic carbocycles. The Balaban J connectivity index is 1.53. The van der Waals surface area contributed by atoms with E-state index in [9.17, 15) is 4.79 Å². The third-order valence-electron chi connectivity index (χ3n) is 5.71. The first-order valence-electron chi connectivity index (χ1n) is 8.75. The van der Waals surface area contributed by atoms with Crippen molar-refractivity contribution in [3.63, 3.8) is 0 Å². The molecule has 2 fully saturated rings. The summed E-state index contributed by atoms with van der Waals surface area (Å²) >= 11 is 0. The van der Waals surface area contributed by atoms with E-state index >= 15 is 0 Å². The van der Waals surface area contributed by atoms with Crippen molar-refractivity contribution in [3.8, 4) is 0 Å². The van der Waals surface area contributed by atoms with Gasteiger partial charge in [0.1, 0.15) is 5.76 Å². The van der Waals surface area contributed by atoms with Crippen LogP contribution in [0.5, 0.6) is 0 Å². The van der Waals surface area contributed by atoms with Crippen LogP contribution in [-0.4, -0.2) is 60.6 Å². The Morgan fingerprint density at radius 2 is 2.17 bits per heavy atom.